The maximum atomic E-state index is 11.8. The normalized spacial score (nSPS) is 10.9. The lowest BCUT2D eigenvalue weighted by atomic mass is 10.1. The Balaban J connectivity index is 1.61. The summed E-state index contributed by atoms with van der Waals surface area (Å²) >= 11 is 6.41. The van der Waals surface area contributed by atoms with E-state index in [0.717, 1.165) is 27.6 Å². The predicted molar refractivity (Wildman–Crippen MR) is 108 cm³/mol. The van der Waals surface area contributed by atoms with E-state index >= 15 is 0 Å². The predicted octanol–water partition coefficient (Wildman–Crippen LogP) is 6.00. The van der Waals surface area contributed by atoms with Crippen molar-refractivity contribution in [2.45, 2.75) is 13.5 Å². The molecule has 0 saturated heterocycles. The lowest BCUT2D eigenvalue weighted by molar-refractivity contribution is 0.307. The molecular formula is C23H17ClO3. The molecule has 0 N–H and O–H groups in total. The monoisotopic (exact) mass is 376 g/mol. The Morgan fingerprint density at radius 1 is 0.926 bits per heavy atom. The summed E-state index contributed by atoms with van der Waals surface area (Å²) in [6, 6.07) is 22.9. The van der Waals surface area contributed by atoms with Crippen LogP contribution in [0, 0.1) is 6.92 Å². The first-order chi connectivity index (χ1) is 13.1. The topological polar surface area (TPSA) is 39.4 Å². The highest BCUT2D eigenvalue weighted by Gasteiger charge is 2.09. The zero-order valence-electron chi connectivity index (χ0n) is 14.7. The molecule has 3 aromatic carbocycles. The molecule has 1 heterocycles. The largest absolute Gasteiger partial charge is 0.487 e. The van der Waals surface area contributed by atoms with Gasteiger partial charge < -0.3 is 9.15 Å². The van der Waals surface area contributed by atoms with Crippen molar-refractivity contribution < 1.29 is 9.15 Å². The first kappa shape index (κ1) is 17.4. The Morgan fingerprint density at radius 3 is 2.52 bits per heavy atom. The first-order valence-corrected chi connectivity index (χ1v) is 8.99. The van der Waals surface area contributed by atoms with Gasteiger partial charge in [-0.3, -0.25) is 0 Å². The van der Waals surface area contributed by atoms with Crippen LogP contribution in [0.15, 0.2) is 82.0 Å². The molecule has 0 aliphatic heterocycles. The highest BCUT2D eigenvalue weighted by molar-refractivity contribution is 6.32. The Kier molecular flexibility index (Phi) is 4.69. The lowest BCUT2D eigenvalue weighted by Gasteiger charge is -2.11. The molecule has 27 heavy (non-hydrogen) atoms. The van der Waals surface area contributed by atoms with Crippen LogP contribution in [0.4, 0.5) is 0 Å². The van der Waals surface area contributed by atoms with Gasteiger partial charge in [0.2, 0.25) is 0 Å². The minimum atomic E-state index is -0.391. The Morgan fingerprint density at radius 2 is 1.74 bits per heavy atom. The quantitative estimate of drug-likeness (QED) is 0.410. The van der Waals surface area contributed by atoms with E-state index in [2.05, 4.69) is 0 Å². The van der Waals surface area contributed by atoms with E-state index in [0.29, 0.717) is 16.4 Å². The van der Waals surface area contributed by atoms with E-state index in [1.807, 2.05) is 73.7 Å². The van der Waals surface area contributed by atoms with Crippen LogP contribution in [0.2, 0.25) is 5.02 Å². The van der Waals surface area contributed by atoms with Gasteiger partial charge >= 0.3 is 5.63 Å². The smallest absolute Gasteiger partial charge is 0.336 e. The van der Waals surface area contributed by atoms with Crippen molar-refractivity contribution in [1.29, 1.82) is 0 Å². The second-order valence-electron chi connectivity index (χ2n) is 6.39. The Hall–Kier alpha value is -3.04. The molecule has 0 amide bonds. The average molecular weight is 377 g/mol. The summed E-state index contributed by atoms with van der Waals surface area (Å²) in [5, 5.41) is 1.39. The van der Waals surface area contributed by atoms with Crippen molar-refractivity contribution in [2.24, 2.45) is 0 Å². The summed E-state index contributed by atoms with van der Waals surface area (Å²) in [7, 11) is 0. The number of rotatable bonds is 4. The molecule has 0 fully saturated rings. The van der Waals surface area contributed by atoms with Crippen LogP contribution in [-0.4, -0.2) is 0 Å². The third-order valence-corrected chi connectivity index (χ3v) is 4.70. The van der Waals surface area contributed by atoms with Crippen molar-refractivity contribution in [3.05, 3.63) is 99.4 Å². The van der Waals surface area contributed by atoms with Gasteiger partial charge in [-0.25, -0.2) is 4.79 Å². The summed E-state index contributed by atoms with van der Waals surface area (Å²) in [6.45, 7) is 2.19. The molecule has 0 spiro atoms. The van der Waals surface area contributed by atoms with Gasteiger partial charge in [-0.1, -0.05) is 60.1 Å². The molecule has 0 aliphatic carbocycles. The fraction of sp³-hybridized carbons (Fsp3) is 0.0870. The third kappa shape index (κ3) is 3.74. The molecule has 0 bridgehead atoms. The zero-order valence-corrected chi connectivity index (χ0v) is 15.5. The fourth-order valence-electron chi connectivity index (χ4n) is 3.04. The summed E-state index contributed by atoms with van der Waals surface area (Å²) < 4.78 is 11.2. The van der Waals surface area contributed by atoms with E-state index in [1.165, 1.54) is 6.07 Å². The van der Waals surface area contributed by atoms with E-state index in [4.69, 9.17) is 20.8 Å². The second kappa shape index (κ2) is 7.29. The van der Waals surface area contributed by atoms with Crippen molar-refractivity contribution in [2.75, 3.05) is 0 Å². The van der Waals surface area contributed by atoms with Gasteiger partial charge in [0.25, 0.3) is 0 Å². The van der Waals surface area contributed by atoms with Crippen LogP contribution in [0.1, 0.15) is 11.1 Å². The van der Waals surface area contributed by atoms with Gasteiger partial charge in [0.05, 0.1) is 5.02 Å². The molecule has 4 heteroatoms. The zero-order chi connectivity index (χ0) is 18.8. The molecule has 4 rings (SSSR count). The number of aryl methyl sites for hydroxylation is 1. The number of hydrogen-bond donors (Lipinski definition) is 0. The minimum Gasteiger partial charge on any atom is -0.487 e. The Labute approximate surface area is 161 Å². The highest BCUT2D eigenvalue weighted by atomic mass is 35.5. The fourth-order valence-corrected chi connectivity index (χ4v) is 3.28. The number of hydrogen-bond acceptors (Lipinski definition) is 3. The van der Waals surface area contributed by atoms with E-state index in [9.17, 15) is 4.79 Å². The second-order valence-corrected chi connectivity index (χ2v) is 6.80. The third-order valence-electron chi connectivity index (χ3n) is 4.41. The van der Waals surface area contributed by atoms with E-state index in [1.54, 1.807) is 0 Å². The van der Waals surface area contributed by atoms with Crippen LogP contribution in [0.5, 0.6) is 5.75 Å². The number of fused-ring (bicyclic) bond motifs is 1. The van der Waals surface area contributed by atoms with Crippen LogP contribution in [-0.2, 0) is 6.61 Å². The summed E-state index contributed by atoms with van der Waals surface area (Å²) in [6.07, 6.45) is 0. The molecule has 3 nitrogen and oxygen atoms in total. The molecule has 134 valence electrons. The maximum absolute atomic E-state index is 11.8. The molecule has 0 atom stereocenters. The van der Waals surface area contributed by atoms with E-state index < -0.39 is 5.63 Å². The summed E-state index contributed by atoms with van der Waals surface area (Å²) in [5.74, 6) is 0.574. The van der Waals surface area contributed by atoms with Crippen LogP contribution in [0.25, 0.3) is 22.1 Å². The van der Waals surface area contributed by atoms with Crippen molar-refractivity contribution in [3.63, 3.8) is 0 Å². The van der Waals surface area contributed by atoms with Crippen molar-refractivity contribution >= 4 is 22.6 Å². The maximum Gasteiger partial charge on any atom is 0.336 e. The number of benzene rings is 3. The van der Waals surface area contributed by atoms with E-state index in [-0.39, 0.29) is 6.61 Å². The first-order valence-electron chi connectivity index (χ1n) is 8.61. The molecule has 0 unspecified atom stereocenters. The number of halogens is 1. The van der Waals surface area contributed by atoms with Crippen molar-refractivity contribution in [3.8, 4) is 16.9 Å². The summed E-state index contributed by atoms with van der Waals surface area (Å²) in [4.78, 5) is 11.8. The van der Waals surface area contributed by atoms with Crippen molar-refractivity contribution in [1.82, 2.24) is 0 Å². The Bertz CT molecular complexity index is 1160. The molecule has 1 aromatic heterocycles. The SMILES string of the molecule is Cc1ccc2c(COc3ccc(-c4ccccc4)cc3Cl)cc(=O)oc2c1. The van der Waals surface area contributed by atoms with Gasteiger partial charge in [-0.15, -0.1) is 0 Å². The highest BCUT2D eigenvalue weighted by Crippen LogP contribution is 2.31. The molecular weight excluding hydrogens is 360 g/mol. The molecule has 0 aliphatic rings. The van der Waals surface area contributed by atoms with Gasteiger partial charge in [0.15, 0.2) is 0 Å². The standard InChI is InChI=1S/C23H17ClO3/c1-15-7-9-19-18(13-23(25)27-22(19)11-15)14-26-21-10-8-17(12-20(21)24)16-5-3-2-4-6-16/h2-13H,14H2,1H3. The van der Waals surface area contributed by atoms with Crippen LogP contribution >= 0.6 is 11.6 Å². The van der Waals surface area contributed by atoms with Gasteiger partial charge in [-0.05, 0) is 41.8 Å². The van der Waals surface area contributed by atoms with Crippen LogP contribution < -0.4 is 10.4 Å². The van der Waals surface area contributed by atoms with Gasteiger partial charge in [-0.2, -0.15) is 0 Å². The minimum absolute atomic E-state index is 0.232. The summed E-state index contributed by atoms with van der Waals surface area (Å²) in [5.41, 5.74) is 4.08. The molecule has 0 saturated carbocycles. The van der Waals surface area contributed by atoms with Crippen LogP contribution in [0.3, 0.4) is 0 Å². The lowest BCUT2D eigenvalue weighted by Crippen LogP contribution is -2.04. The number of ether oxygens (including phenoxy) is 1. The average Bonchev–Trinajstić information content (AvgIpc) is 2.67. The van der Waals surface area contributed by atoms with Gasteiger partial charge in [0, 0.05) is 17.0 Å². The van der Waals surface area contributed by atoms with Gasteiger partial charge in [0.1, 0.15) is 17.9 Å². The molecule has 4 aromatic rings. The molecule has 0 radical (unpaired) electrons.